The Hall–Kier alpha value is -3.30. The van der Waals surface area contributed by atoms with Crippen LogP contribution in [0.15, 0.2) is 60.3 Å². The van der Waals surface area contributed by atoms with E-state index in [1.54, 1.807) is 42.5 Å². The van der Waals surface area contributed by atoms with Crippen LogP contribution in [-0.4, -0.2) is 17.0 Å². The molecule has 0 saturated carbocycles. The molecule has 0 bridgehead atoms. The van der Waals surface area contributed by atoms with Gasteiger partial charge in [-0.05, 0) is 36.4 Å². The first-order chi connectivity index (χ1) is 11.5. The number of anilines is 2. The van der Waals surface area contributed by atoms with Crippen molar-refractivity contribution in [3.05, 3.63) is 70.9 Å². The predicted molar refractivity (Wildman–Crippen MR) is 90.8 cm³/mol. The number of carbonyl (C=O) groups is 2. The summed E-state index contributed by atoms with van der Waals surface area (Å²) in [5.74, 6) is -1.68. The van der Waals surface area contributed by atoms with Crippen molar-refractivity contribution in [2.75, 3.05) is 10.6 Å². The Bertz CT molecular complexity index is 856. The Balaban J connectivity index is 2.11. The molecule has 2 aromatic rings. The number of hydrogen-bond donors (Lipinski definition) is 3. The van der Waals surface area contributed by atoms with Gasteiger partial charge >= 0.3 is 5.97 Å². The molecule has 0 aliphatic heterocycles. The van der Waals surface area contributed by atoms with E-state index in [4.69, 9.17) is 22.0 Å². The molecule has 0 aliphatic carbocycles. The number of halogens is 1. The largest absolute Gasteiger partial charge is 0.478 e. The fourth-order valence-corrected chi connectivity index (χ4v) is 2.00. The average Bonchev–Trinajstić information content (AvgIpc) is 2.55. The number of aromatic carboxylic acids is 1. The van der Waals surface area contributed by atoms with Gasteiger partial charge in [-0.1, -0.05) is 23.7 Å². The maximum atomic E-state index is 12.1. The lowest BCUT2D eigenvalue weighted by Crippen LogP contribution is -2.14. The van der Waals surface area contributed by atoms with Crippen molar-refractivity contribution < 1.29 is 14.7 Å². The highest BCUT2D eigenvalue weighted by molar-refractivity contribution is 6.31. The van der Waals surface area contributed by atoms with Crippen LogP contribution in [0, 0.1) is 11.3 Å². The summed E-state index contributed by atoms with van der Waals surface area (Å²) < 4.78 is 0. The fourth-order valence-electron chi connectivity index (χ4n) is 1.81. The van der Waals surface area contributed by atoms with Crippen LogP contribution in [0.2, 0.25) is 5.02 Å². The summed E-state index contributed by atoms with van der Waals surface area (Å²) in [5, 5.41) is 23.8. The number of nitrogens with one attached hydrogen (secondary N) is 2. The van der Waals surface area contributed by atoms with Gasteiger partial charge in [-0.15, -0.1) is 0 Å². The van der Waals surface area contributed by atoms with Crippen LogP contribution in [0.4, 0.5) is 11.4 Å². The van der Waals surface area contributed by atoms with Gasteiger partial charge in [0, 0.05) is 22.6 Å². The molecule has 3 N–H and O–H groups in total. The molecule has 0 unspecified atom stereocenters. The first-order valence-electron chi connectivity index (χ1n) is 6.76. The van der Waals surface area contributed by atoms with Gasteiger partial charge in [0.05, 0.1) is 5.56 Å². The second kappa shape index (κ2) is 7.81. The molecule has 0 radical (unpaired) electrons. The minimum Gasteiger partial charge on any atom is -0.478 e. The quantitative estimate of drug-likeness (QED) is 0.570. The molecule has 7 heteroatoms. The number of carboxylic acids is 1. The van der Waals surface area contributed by atoms with Crippen molar-refractivity contribution >= 4 is 34.9 Å². The standard InChI is InChI=1S/C17H12ClN3O3/c18-13-4-2-6-15(8-13)21-16(22)12(9-19)10-20-14-5-1-3-11(7-14)17(23)24/h1-8,10,20H,(H,21,22)(H,23,24)/b12-10-. The summed E-state index contributed by atoms with van der Waals surface area (Å²) in [4.78, 5) is 23.0. The molecule has 0 fully saturated rings. The number of nitriles is 1. The van der Waals surface area contributed by atoms with Crippen LogP contribution in [0.5, 0.6) is 0 Å². The number of carboxylic acid groups (broad SMARTS) is 1. The molecule has 0 saturated heterocycles. The molecule has 0 atom stereocenters. The van der Waals surface area contributed by atoms with E-state index < -0.39 is 11.9 Å². The van der Waals surface area contributed by atoms with Crippen molar-refractivity contribution in [2.24, 2.45) is 0 Å². The zero-order valence-corrected chi connectivity index (χ0v) is 13.0. The van der Waals surface area contributed by atoms with Gasteiger partial charge in [0.25, 0.3) is 5.91 Å². The van der Waals surface area contributed by atoms with Crippen LogP contribution in [0.3, 0.4) is 0 Å². The van der Waals surface area contributed by atoms with E-state index in [1.807, 2.05) is 0 Å². The zero-order valence-electron chi connectivity index (χ0n) is 12.3. The van der Waals surface area contributed by atoms with E-state index >= 15 is 0 Å². The van der Waals surface area contributed by atoms with E-state index in [1.165, 1.54) is 18.3 Å². The highest BCUT2D eigenvalue weighted by Gasteiger charge is 2.10. The van der Waals surface area contributed by atoms with E-state index in [9.17, 15) is 9.59 Å². The highest BCUT2D eigenvalue weighted by Crippen LogP contribution is 2.16. The molecule has 6 nitrogen and oxygen atoms in total. The van der Waals surface area contributed by atoms with Gasteiger partial charge in [-0.25, -0.2) is 4.79 Å². The third-order valence-corrected chi connectivity index (χ3v) is 3.18. The van der Waals surface area contributed by atoms with Crippen LogP contribution in [0.25, 0.3) is 0 Å². The second-order valence-corrected chi connectivity index (χ2v) is 5.10. The SMILES string of the molecule is N#C/C(=C/Nc1cccc(C(=O)O)c1)C(=O)Nc1cccc(Cl)c1. The van der Waals surface area contributed by atoms with Crippen LogP contribution in [-0.2, 0) is 4.79 Å². The number of hydrogen-bond acceptors (Lipinski definition) is 4. The monoisotopic (exact) mass is 341 g/mol. The van der Waals surface area contributed by atoms with E-state index in [2.05, 4.69) is 10.6 Å². The average molecular weight is 342 g/mol. The molecular weight excluding hydrogens is 330 g/mol. The summed E-state index contributed by atoms with van der Waals surface area (Å²) in [5.41, 5.74) is 0.825. The van der Waals surface area contributed by atoms with Crippen molar-refractivity contribution in [3.8, 4) is 6.07 Å². The second-order valence-electron chi connectivity index (χ2n) is 4.66. The summed E-state index contributed by atoms with van der Waals surface area (Å²) in [7, 11) is 0. The van der Waals surface area contributed by atoms with Crippen molar-refractivity contribution in [1.29, 1.82) is 5.26 Å². The summed E-state index contributed by atoms with van der Waals surface area (Å²) in [6.45, 7) is 0. The number of rotatable bonds is 5. The smallest absolute Gasteiger partial charge is 0.335 e. The lowest BCUT2D eigenvalue weighted by molar-refractivity contribution is -0.112. The van der Waals surface area contributed by atoms with Crippen molar-refractivity contribution in [3.63, 3.8) is 0 Å². The van der Waals surface area contributed by atoms with Gasteiger partial charge in [-0.3, -0.25) is 4.79 Å². The van der Waals surface area contributed by atoms with Gasteiger partial charge in [0.2, 0.25) is 0 Å². The Kier molecular flexibility index (Phi) is 5.55. The van der Waals surface area contributed by atoms with Crippen molar-refractivity contribution in [2.45, 2.75) is 0 Å². The topological polar surface area (TPSA) is 102 Å². The third kappa shape index (κ3) is 4.60. The summed E-state index contributed by atoms with van der Waals surface area (Å²) in [6.07, 6.45) is 1.21. The number of amides is 1. The molecule has 2 aromatic carbocycles. The fraction of sp³-hybridized carbons (Fsp3) is 0. The molecule has 0 spiro atoms. The Morgan fingerprint density at radius 2 is 1.83 bits per heavy atom. The Morgan fingerprint density at radius 3 is 2.50 bits per heavy atom. The van der Waals surface area contributed by atoms with Gasteiger partial charge in [-0.2, -0.15) is 5.26 Å². The number of nitrogens with zero attached hydrogens (tertiary/aromatic N) is 1. The first-order valence-corrected chi connectivity index (χ1v) is 7.14. The molecule has 2 rings (SSSR count). The van der Waals surface area contributed by atoms with Crippen LogP contribution >= 0.6 is 11.6 Å². The summed E-state index contributed by atoms with van der Waals surface area (Å²) >= 11 is 5.83. The van der Waals surface area contributed by atoms with Crippen molar-refractivity contribution in [1.82, 2.24) is 0 Å². The van der Waals surface area contributed by atoms with Gasteiger partial charge in [0.15, 0.2) is 0 Å². The first kappa shape index (κ1) is 17.1. The highest BCUT2D eigenvalue weighted by atomic mass is 35.5. The lowest BCUT2D eigenvalue weighted by atomic mass is 10.2. The van der Waals surface area contributed by atoms with E-state index in [0.29, 0.717) is 16.4 Å². The maximum Gasteiger partial charge on any atom is 0.335 e. The number of benzene rings is 2. The zero-order chi connectivity index (χ0) is 17.5. The molecule has 0 heterocycles. The minimum atomic E-state index is -1.07. The van der Waals surface area contributed by atoms with E-state index in [0.717, 1.165) is 0 Å². The predicted octanol–water partition coefficient (Wildman–Crippen LogP) is 3.50. The number of carbonyl (C=O) groups excluding carboxylic acids is 1. The van der Waals surface area contributed by atoms with Crippen LogP contribution in [0.1, 0.15) is 10.4 Å². The maximum absolute atomic E-state index is 12.1. The molecule has 0 aromatic heterocycles. The molecule has 1 amide bonds. The Labute approximate surface area is 143 Å². The molecular formula is C17H12ClN3O3. The van der Waals surface area contributed by atoms with E-state index in [-0.39, 0.29) is 11.1 Å². The normalized spacial score (nSPS) is 10.6. The Morgan fingerprint density at radius 1 is 1.12 bits per heavy atom. The molecule has 24 heavy (non-hydrogen) atoms. The minimum absolute atomic E-state index is 0.0929. The van der Waals surface area contributed by atoms with Crippen LogP contribution < -0.4 is 10.6 Å². The summed E-state index contributed by atoms with van der Waals surface area (Å²) in [6, 6.07) is 14.3. The third-order valence-electron chi connectivity index (χ3n) is 2.94. The molecule has 0 aliphatic rings. The molecule has 120 valence electrons. The van der Waals surface area contributed by atoms with Gasteiger partial charge < -0.3 is 15.7 Å². The lowest BCUT2D eigenvalue weighted by Gasteiger charge is -2.06. The van der Waals surface area contributed by atoms with Gasteiger partial charge in [0.1, 0.15) is 11.6 Å².